The SMILES string of the molecule is CC(Cc1c[nH]c2ccccc12)C(=O)NCc1ccccc1. The van der Waals surface area contributed by atoms with E-state index >= 15 is 0 Å². The number of amides is 1. The standard InChI is InChI=1S/C19H20N2O/c1-14(19(22)21-12-15-7-3-2-4-8-15)11-16-13-20-18-10-6-5-9-17(16)18/h2-10,13-14,20H,11-12H2,1H3,(H,21,22). The molecule has 112 valence electrons. The number of para-hydroxylation sites is 1. The summed E-state index contributed by atoms with van der Waals surface area (Å²) in [6.07, 6.45) is 2.75. The minimum atomic E-state index is -0.0529. The van der Waals surface area contributed by atoms with Crippen LogP contribution in [0.1, 0.15) is 18.1 Å². The van der Waals surface area contributed by atoms with Crippen molar-refractivity contribution < 1.29 is 4.79 Å². The van der Waals surface area contributed by atoms with Gasteiger partial charge in [0.05, 0.1) is 0 Å². The lowest BCUT2D eigenvalue weighted by Crippen LogP contribution is -2.29. The molecule has 3 nitrogen and oxygen atoms in total. The van der Waals surface area contributed by atoms with Crippen LogP contribution in [0.3, 0.4) is 0 Å². The van der Waals surface area contributed by atoms with Crippen LogP contribution in [0.5, 0.6) is 0 Å². The summed E-state index contributed by atoms with van der Waals surface area (Å²) in [5.41, 5.74) is 3.43. The first-order valence-corrected chi connectivity index (χ1v) is 7.60. The molecule has 2 N–H and O–H groups in total. The molecule has 1 amide bonds. The van der Waals surface area contributed by atoms with Crippen LogP contribution in [-0.4, -0.2) is 10.9 Å². The number of H-pyrrole nitrogens is 1. The van der Waals surface area contributed by atoms with E-state index in [-0.39, 0.29) is 11.8 Å². The molecular formula is C19H20N2O. The van der Waals surface area contributed by atoms with E-state index in [9.17, 15) is 4.79 Å². The van der Waals surface area contributed by atoms with E-state index in [4.69, 9.17) is 0 Å². The molecule has 0 saturated carbocycles. The number of benzene rings is 2. The van der Waals surface area contributed by atoms with E-state index < -0.39 is 0 Å². The molecule has 3 rings (SSSR count). The van der Waals surface area contributed by atoms with Crippen LogP contribution in [-0.2, 0) is 17.8 Å². The minimum absolute atomic E-state index is 0.0529. The predicted molar refractivity (Wildman–Crippen MR) is 89.5 cm³/mol. The van der Waals surface area contributed by atoms with Gasteiger partial charge in [-0.25, -0.2) is 0 Å². The third-order valence-corrected chi connectivity index (χ3v) is 3.96. The first kappa shape index (κ1) is 14.4. The lowest BCUT2D eigenvalue weighted by molar-refractivity contribution is -0.124. The molecule has 0 bridgehead atoms. The maximum atomic E-state index is 12.3. The van der Waals surface area contributed by atoms with Crippen molar-refractivity contribution in [1.29, 1.82) is 0 Å². The van der Waals surface area contributed by atoms with Gasteiger partial charge in [-0.1, -0.05) is 55.5 Å². The van der Waals surface area contributed by atoms with Gasteiger partial charge in [-0.15, -0.1) is 0 Å². The van der Waals surface area contributed by atoms with Gasteiger partial charge < -0.3 is 10.3 Å². The van der Waals surface area contributed by atoms with Gasteiger partial charge in [0, 0.05) is 29.6 Å². The van der Waals surface area contributed by atoms with Gasteiger partial charge in [-0.2, -0.15) is 0 Å². The summed E-state index contributed by atoms with van der Waals surface area (Å²) < 4.78 is 0. The molecule has 0 radical (unpaired) electrons. The van der Waals surface area contributed by atoms with E-state index in [0.717, 1.165) is 17.5 Å². The Hall–Kier alpha value is -2.55. The van der Waals surface area contributed by atoms with E-state index in [1.807, 2.05) is 55.6 Å². The van der Waals surface area contributed by atoms with Crippen LogP contribution in [0.4, 0.5) is 0 Å². The zero-order chi connectivity index (χ0) is 15.4. The molecule has 1 unspecified atom stereocenters. The number of fused-ring (bicyclic) bond motifs is 1. The van der Waals surface area contributed by atoms with Crippen LogP contribution in [0.15, 0.2) is 60.8 Å². The maximum absolute atomic E-state index is 12.3. The Balaban J connectivity index is 1.61. The topological polar surface area (TPSA) is 44.9 Å². The van der Waals surface area contributed by atoms with Crippen LogP contribution >= 0.6 is 0 Å². The Kier molecular flexibility index (Phi) is 4.24. The smallest absolute Gasteiger partial charge is 0.223 e. The van der Waals surface area contributed by atoms with Gasteiger partial charge in [-0.3, -0.25) is 4.79 Å². The zero-order valence-corrected chi connectivity index (χ0v) is 12.7. The van der Waals surface area contributed by atoms with Crippen LogP contribution in [0, 0.1) is 5.92 Å². The highest BCUT2D eigenvalue weighted by Crippen LogP contribution is 2.20. The van der Waals surface area contributed by atoms with Gasteiger partial charge in [-0.05, 0) is 23.6 Å². The Bertz CT molecular complexity index is 761. The first-order chi connectivity index (χ1) is 10.7. The molecule has 2 aromatic carbocycles. The molecule has 1 aromatic heterocycles. The molecule has 0 spiro atoms. The molecule has 1 atom stereocenters. The molecule has 22 heavy (non-hydrogen) atoms. The zero-order valence-electron chi connectivity index (χ0n) is 12.7. The summed E-state index contributed by atoms with van der Waals surface area (Å²) >= 11 is 0. The summed E-state index contributed by atoms with van der Waals surface area (Å²) in [6.45, 7) is 2.56. The third kappa shape index (κ3) is 3.19. The Morgan fingerprint density at radius 2 is 1.82 bits per heavy atom. The van der Waals surface area contributed by atoms with E-state index in [0.29, 0.717) is 6.54 Å². The highest BCUT2D eigenvalue weighted by atomic mass is 16.1. The van der Waals surface area contributed by atoms with Crippen molar-refractivity contribution in [2.24, 2.45) is 5.92 Å². The van der Waals surface area contributed by atoms with Crippen molar-refractivity contribution in [1.82, 2.24) is 10.3 Å². The third-order valence-electron chi connectivity index (χ3n) is 3.96. The molecule has 0 aliphatic heterocycles. The van der Waals surface area contributed by atoms with Crippen molar-refractivity contribution in [3.63, 3.8) is 0 Å². The van der Waals surface area contributed by atoms with Crippen molar-refractivity contribution in [2.75, 3.05) is 0 Å². The van der Waals surface area contributed by atoms with E-state index in [1.165, 1.54) is 10.9 Å². The Morgan fingerprint density at radius 1 is 1.09 bits per heavy atom. The summed E-state index contributed by atoms with van der Waals surface area (Å²) in [6, 6.07) is 18.2. The quantitative estimate of drug-likeness (QED) is 0.740. The number of hydrogen-bond acceptors (Lipinski definition) is 1. The average Bonchev–Trinajstić information content (AvgIpc) is 2.97. The number of carbonyl (C=O) groups excluding carboxylic acids is 1. The molecule has 0 aliphatic rings. The lowest BCUT2D eigenvalue weighted by Gasteiger charge is -2.12. The second-order valence-corrected chi connectivity index (χ2v) is 5.67. The summed E-state index contributed by atoms with van der Waals surface area (Å²) in [5, 5.41) is 4.21. The molecule has 0 aliphatic carbocycles. The van der Waals surface area contributed by atoms with Gasteiger partial charge in [0.1, 0.15) is 0 Å². The lowest BCUT2D eigenvalue weighted by atomic mass is 10.00. The number of carbonyl (C=O) groups is 1. The number of aromatic nitrogens is 1. The number of hydrogen-bond donors (Lipinski definition) is 2. The number of rotatable bonds is 5. The molecule has 0 saturated heterocycles. The monoisotopic (exact) mass is 292 g/mol. The van der Waals surface area contributed by atoms with Gasteiger partial charge in [0.15, 0.2) is 0 Å². The molecule has 3 aromatic rings. The average molecular weight is 292 g/mol. The number of nitrogens with one attached hydrogen (secondary N) is 2. The number of aromatic amines is 1. The predicted octanol–water partition coefficient (Wildman–Crippen LogP) is 3.66. The molecule has 3 heteroatoms. The minimum Gasteiger partial charge on any atom is -0.361 e. The van der Waals surface area contributed by atoms with Gasteiger partial charge in [0.25, 0.3) is 0 Å². The molecular weight excluding hydrogens is 272 g/mol. The summed E-state index contributed by atoms with van der Waals surface area (Å²) in [5.74, 6) is 0.0389. The highest BCUT2D eigenvalue weighted by molar-refractivity contribution is 5.84. The van der Waals surface area contributed by atoms with Crippen molar-refractivity contribution in [3.8, 4) is 0 Å². The van der Waals surface area contributed by atoms with Gasteiger partial charge in [0.2, 0.25) is 5.91 Å². The Morgan fingerprint density at radius 3 is 2.64 bits per heavy atom. The van der Waals surface area contributed by atoms with Gasteiger partial charge >= 0.3 is 0 Å². The van der Waals surface area contributed by atoms with Crippen molar-refractivity contribution >= 4 is 16.8 Å². The van der Waals surface area contributed by atoms with E-state index in [1.54, 1.807) is 0 Å². The summed E-state index contributed by atoms with van der Waals surface area (Å²) in [7, 11) is 0. The largest absolute Gasteiger partial charge is 0.361 e. The van der Waals surface area contributed by atoms with Crippen LogP contribution in [0.2, 0.25) is 0 Å². The fraction of sp³-hybridized carbons (Fsp3) is 0.211. The second-order valence-electron chi connectivity index (χ2n) is 5.67. The van der Waals surface area contributed by atoms with Crippen LogP contribution in [0.25, 0.3) is 10.9 Å². The molecule has 0 fully saturated rings. The fourth-order valence-corrected chi connectivity index (χ4v) is 2.68. The maximum Gasteiger partial charge on any atom is 0.223 e. The van der Waals surface area contributed by atoms with Crippen molar-refractivity contribution in [3.05, 3.63) is 71.9 Å². The second kappa shape index (κ2) is 6.48. The summed E-state index contributed by atoms with van der Waals surface area (Å²) in [4.78, 5) is 15.5. The van der Waals surface area contributed by atoms with E-state index in [2.05, 4.69) is 22.4 Å². The normalized spacial score (nSPS) is 12.2. The van der Waals surface area contributed by atoms with Crippen molar-refractivity contribution in [2.45, 2.75) is 19.9 Å². The highest BCUT2D eigenvalue weighted by Gasteiger charge is 2.15. The Labute approximate surface area is 130 Å². The first-order valence-electron chi connectivity index (χ1n) is 7.60. The van der Waals surface area contributed by atoms with Crippen LogP contribution < -0.4 is 5.32 Å². The fourth-order valence-electron chi connectivity index (χ4n) is 2.68. The molecule has 1 heterocycles.